The van der Waals surface area contributed by atoms with E-state index in [9.17, 15) is 13.6 Å². The molecule has 0 fully saturated rings. The average Bonchev–Trinajstić information content (AvgIpc) is 2.92. The van der Waals surface area contributed by atoms with Crippen molar-refractivity contribution in [3.05, 3.63) is 48.3 Å². The summed E-state index contributed by atoms with van der Waals surface area (Å²) >= 11 is 0. The number of pyridine rings is 1. The van der Waals surface area contributed by atoms with Gasteiger partial charge in [-0.15, -0.1) is 8.78 Å². The predicted octanol–water partition coefficient (Wildman–Crippen LogP) is 3.62. The van der Waals surface area contributed by atoms with Crippen molar-refractivity contribution in [3.63, 3.8) is 0 Å². The van der Waals surface area contributed by atoms with Crippen molar-refractivity contribution in [3.8, 4) is 11.5 Å². The van der Waals surface area contributed by atoms with Gasteiger partial charge in [0.25, 0.3) is 0 Å². The molecule has 0 aliphatic carbocycles. The largest absolute Gasteiger partial charge is 0.586 e. The first-order valence-electron chi connectivity index (χ1n) is 7.98. The van der Waals surface area contributed by atoms with E-state index in [0.717, 1.165) is 0 Å². The summed E-state index contributed by atoms with van der Waals surface area (Å²) in [6, 6.07) is 4.43. The van der Waals surface area contributed by atoms with Gasteiger partial charge in [-0.1, -0.05) is 12.2 Å². The van der Waals surface area contributed by atoms with Crippen molar-refractivity contribution in [2.24, 2.45) is 0 Å². The number of anilines is 1. The van der Waals surface area contributed by atoms with Gasteiger partial charge >= 0.3 is 12.3 Å². The minimum absolute atomic E-state index is 0.0757. The predicted molar refractivity (Wildman–Crippen MR) is 89.5 cm³/mol. The molecule has 0 N–H and O–H groups in total. The van der Waals surface area contributed by atoms with Crippen molar-refractivity contribution in [2.75, 3.05) is 18.1 Å². The minimum atomic E-state index is -3.72. The van der Waals surface area contributed by atoms with Crippen LogP contribution in [0.3, 0.4) is 0 Å². The normalized spacial score (nSPS) is 17.0. The molecule has 6 nitrogen and oxygen atoms in total. The summed E-state index contributed by atoms with van der Waals surface area (Å²) in [4.78, 5) is 18.5. The lowest BCUT2D eigenvalue weighted by Crippen LogP contribution is -2.25. The number of ether oxygens (including phenoxy) is 3. The lowest BCUT2D eigenvalue weighted by Gasteiger charge is -2.23. The molecule has 2 aliphatic heterocycles. The number of esters is 1. The first-order chi connectivity index (χ1) is 12.5. The van der Waals surface area contributed by atoms with Gasteiger partial charge in [0, 0.05) is 24.2 Å². The topological polar surface area (TPSA) is 60.9 Å². The molecular formula is C18H14F2N2O4. The summed E-state index contributed by atoms with van der Waals surface area (Å²) < 4.78 is 40.6. The monoisotopic (exact) mass is 360 g/mol. The van der Waals surface area contributed by atoms with Gasteiger partial charge in [0.1, 0.15) is 0 Å². The van der Waals surface area contributed by atoms with Crippen molar-refractivity contribution in [2.45, 2.75) is 13.2 Å². The fraction of sp³-hybridized carbons (Fsp3) is 0.222. The molecule has 8 heteroatoms. The molecule has 0 unspecified atom stereocenters. The van der Waals surface area contributed by atoms with Crippen molar-refractivity contribution < 1.29 is 27.8 Å². The Labute approximate surface area is 147 Å². The first kappa shape index (κ1) is 16.3. The quantitative estimate of drug-likeness (QED) is 0.779. The zero-order valence-electron chi connectivity index (χ0n) is 13.7. The van der Waals surface area contributed by atoms with Crippen LogP contribution >= 0.6 is 0 Å². The number of carbonyl (C=O) groups is 1. The Morgan fingerprint density at radius 1 is 1.27 bits per heavy atom. The highest BCUT2D eigenvalue weighted by Crippen LogP contribution is 2.43. The molecule has 3 heterocycles. The Morgan fingerprint density at radius 2 is 2.04 bits per heavy atom. The van der Waals surface area contributed by atoms with Gasteiger partial charge in [0.15, 0.2) is 17.2 Å². The number of aromatic nitrogens is 1. The van der Waals surface area contributed by atoms with Crippen LogP contribution in [0.15, 0.2) is 42.6 Å². The Balaban J connectivity index is 1.86. The SMILES string of the molecule is CCOC(=O)c1nc2cc3c(cc2cc1N1C=CC=CC1)OC(F)(F)O3. The van der Waals surface area contributed by atoms with Crippen LogP contribution in [0.1, 0.15) is 17.4 Å². The molecule has 0 spiro atoms. The number of alkyl halides is 2. The number of nitrogens with zero attached hydrogens (tertiary/aromatic N) is 2. The lowest BCUT2D eigenvalue weighted by atomic mass is 10.1. The Kier molecular flexibility index (Phi) is 3.75. The maximum atomic E-state index is 13.3. The van der Waals surface area contributed by atoms with E-state index in [1.54, 1.807) is 19.2 Å². The van der Waals surface area contributed by atoms with Crippen LogP contribution in [0.5, 0.6) is 11.5 Å². The number of hydrogen-bond acceptors (Lipinski definition) is 6. The highest BCUT2D eigenvalue weighted by molar-refractivity contribution is 5.99. The third kappa shape index (κ3) is 2.83. The van der Waals surface area contributed by atoms with E-state index in [1.165, 1.54) is 12.1 Å². The van der Waals surface area contributed by atoms with E-state index in [0.29, 0.717) is 23.1 Å². The van der Waals surface area contributed by atoms with Crippen LogP contribution in [0.4, 0.5) is 14.5 Å². The molecule has 2 aromatic rings. The molecule has 2 aliphatic rings. The van der Waals surface area contributed by atoms with E-state index in [-0.39, 0.29) is 23.8 Å². The third-order valence-electron chi connectivity index (χ3n) is 3.91. The number of halogens is 2. The van der Waals surface area contributed by atoms with Crippen LogP contribution in [0, 0.1) is 0 Å². The van der Waals surface area contributed by atoms with E-state index in [1.807, 2.05) is 23.1 Å². The molecule has 0 amide bonds. The van der Waals surface area contributed by atoms with E-state index in [2.05, 4.69) is 14.5 Å². The number of allylic oxidation sites excluding steroid dienone is 2. The Hall–Kier alpha value is -3.16. The third-order valence-corrected chi connectivity index (χ3v) is 3.91. The van der Waals surface area contributed by atoms with Gasteiger partial charge < -0.3 is 19.1 Å². The van der Waals surface area contributed by atoms with Gasteiger partial charge in [-0.3, -0.25) is 0 Å². The van der Waals surface area contributed by atoms with E-state index in [4.69, 9.17) is 4.74 Å². The van der Waals surface area contributed by atoms with Crippen LogP contribution in [0.25, 0.3) is 10.9 Å². The van der Waals surface area contributed by atoms with Crippen LogP contribution in [-0.4, -0.2) is 30.4 Å². The fourth-order valence-corrected chi connectivity index (χ4v) is 2.82. The second-order valence-corrected chi connectivity index (χ2v) is 5.66. The molecule has 1 aromatic heterocycles. The summed E-state index contributed by atoms with van der Waals surface area (Å²) in [5, 5.41) is 0.538. The average molecular weight is 360 g/mol. The summed E-state index contributed by atoms with van der Waals surface area (Å²) in [6.45, 7) is 2.43. The fourth-order valence-electron chi connectivity index (χ4n) is 2.82. The number of rotatable bonds is 3. The number of benzene rings is 1. The molecule has 0 radical (unpaired) electrons. The van der Waals surface area contributed by atoms with E-state index >= 15 is 0 Å². The highest BCUT2D eigenvalue weighted by atomic mass is 19.3. The second kappa shape index (κ2) is 5.98. The molecule has 0 saturated carbocycles. The zero-order valence-corrected chi connectivity index (χ0v) is 13.7. The summed E-state index contributed by atoms with van der Waals surface area (Å²) in [7, 11) is 0. The summed E-state index contributed by atoms with van der Waals surface area (Å²) in [5.41, 5.74) is 0.945. The van der Waals surface area contributed by atoms with Crippen molar-refractivity contribution in [1.82, 2.24) is 4.98 Å². The van der Waals surface area contributed by atoms with Gasteiger partial charge in [-0.25, -0.2) is 9.78 Å². The lowest BCUT2D eigenvalue weighted by molar-refractivity contribution is -0.286. The van der Waals surface area contributed by atoms with Crippen molar-refractivity contribution in [1.29, 1.82) is 0 Å². The highest BCUT2D eigenvalue weighted by Gasteiger charge is 2.43. The van der Waals surface area contributed by atoms with Crippen molar-refractivity contribution >= 4 is 22.6 Å². The number of carbonyl (C=O) groups excluding carboxylic acids is 1. The zero-order chi connectivity index (χ0) is 18.3. The smallest absolute Gasteiger partial charge is 0.461 e. The molecule has 4 rings (SSSR count). The van der Waals surface area contributed by atoms with E-state index < -0.39 is 12.3 Å². The first-order valence-corrected chi connectivity index (χ1v) is 7.98. The van der Waals surface area contributed by atoms with Crippen LogP contribution < -0.4 is 14.4 Å². The molecule has 1 aromatic carbocycles. The van der Waals surface area contributed by atoms with Crippen LogP contribution in [-0.2, 0) is 4.74 Å². The summed E-state index contributed by atoms with van der Waals surface area (Å²) in [6.07, 6.45) is 3.71. The van der Waals surface area contributed by atoms with Crippen LogP contribution in [0.2, 0.25) is 0 Å². The second-order valence-electron chi connectivity index (χ2n) is 5.66. The number of fused-ring (bicyclic) bond motifs is 2. The molecule has 26 heavy (non-hydrogen) atoms. The van der Waals surface area contributed by atoms with Gasteiger partial charge in [0.2, 0.25) is 0 Å². The van der Waals surface area contributed by atoms with Gasteiger partial charge in [0.05, 0.1) is 17.8 Å². The summed E-state index contributed by atoms with van der Waals surface area (Å²) in [5.74, 6) is -0.790. The Morgan fingerprint density at radius 3 is 2.73 bits per heavy atom. The maximum absolute atomic E-state index is 13.3. The Bertz CT molecular complexity index is 956. The number of hydrogen-bond donors (Lipinski definition) is 0. The standard InChI is InChI=1S/C18H14F2N2O4/c1-2-24-17(23)16-13(22-6-4-3-5-7-22)8-11-9-14-15(10-12(11)21-16)26-18(19,20)25-14/h3-6,8-10H,2,7H2,1H3. The molecule has 134 valence electrons. The van der Waals surface area contributed by atoms with Gasteiger partial charge in [-0.05, 0) is 25.1 Å². The maximum Gasteiger partial charge on any atom is 0.586 e. The minimum Gasteiger partial charge on any atom is -0.461 e. The molecule has 0 saturated heterocycles. The molecule has 0 atom stereocenters. The molecular weight excluding hydrogens is 346 g/mol. The molecule has 0 bridgehead atoms. The van der Waals surface area contributed by atoms with Gasteiger partial charge in [-0.2, -0.15) is 0 Å².